The van der Waals surface area contributed by atoms with Crippen molar-refractivity contribution in [1.29, 1.82) is 0 Å². The largest absolute Gasteiger partial charge is 0.373 e. The Hall–Kier alpha value is -3.13. The van der Waals surface area contributed by atoms with E-state index in [1.807, 2.05) is 0 Å². The zero-order chi connectivity index (χ0) is 25.5. The van der Waals surface area contributed by atoms with E-state index >= 15 is 0 Å². The molecule has 2 heterocycles. The molecule has 0 bridgehead atoms. The van der Waals surface area contributed by atoms with Crippen LogP contribution in [0.2, 0.25) is 5.02 Å². The molecular formula is C21H18ClF3N4O5S. The van der Waals surface area contributed by atoms with Gasteiger partial charge in [0.1, 0.15) is 5.82 Å². The number of halogens is 4. The third kappa shape index (κ3) is 5.27. The van der Waals surface area contributed by atoms with E-state index in [1.165, 1.54) is 6.07 Å². The van der Waals surface area contributed by atoms with Gasteiger partial charge in [0.15, 0.2) is 11.6 Å². The number of sulfonamides is 1. The Balaban J connectivity index is 1.81. The Morgan fingerprint density at radius 1 is 1.17 bits per heavy atom. The molecule has 1 aliphatic heterocycles. The van der Waals surface area contributed by atoms with E-state index in [1.54, 1.807) is 0 Å². The van der Waals surface area contributed by atoms with Gasteiger partial charge in [-0.25, -0.2) is 31.5 Å². The number of H-pyrrole nitrogens is 1. The van der Waals surface area contributed by atoms with Crippen molar-refractivity contribution in [1.82, 2.24) is 9.88 Å². The fourth-order valence-electron chi connectivity index (χ4n) is 3.88. The topological polar surface area (TPSA) is 135 Å². The van der Waals surface area contributed by atoms with Crippen molar-refractivity contribution in [3.05, 3.63) is 74.4 Å². The predicted molar refractivity (Wildman–Crippen MR) is 122 cm³/mol. The second-order valence-electron chi connectivity index (χ2n) is 7.81. The number of aromatic nitrogens is 1. The van der Waals surface area contributed by atoms with Gasteiger partial charge >= 0.3 is 6.03 Å². The van der Waals surface area contributed by atoms with Gasteiger partial charge in [-0.1, -0.05) is 11.6 Å². The fraction of sp³-hybridized carbons (Fsp3) is 0.238. The monoisotopic (exact) mass is 530 g/mol. The second kappa shape index (κ2) is 9.49. The number of nitrogens with two attached hydrogens (primary N) is 1. The van der Waals surface area contributed by atoms with Crippen LogP contribution in [0.25, 0.3) is 10.8 Å². The number of hydrogen-bond donors (Lipinski definition) is 3. The van der Waals surface area contributed by atoms with E-state index in [0.717, 1.165) is 29.2 Å². The first kappa shape index (κ1) is 25.0. The van der Waals surface area contributed by atoms with Gasteiger partial charge in [-0.2, -0.15) is 0 Å². The minimum Gasteiger partial charge on any atom is -0.373 e. The first-order valence-corrected chi connectivity index (χ1v) is 12.2. The average molecular weight is 531 g/mol. The van der Waals surface area contributed by atoms with Gasteiger partial charge in [0.2, 0.25) is 10.0 Å². The Bertz CT molecular complexity index is 1500. The molecule has 0 radical (unpaired) electrons. The van der Waals surface area contributed by atoms with Crippen LogP contribution < -0.4 is 16.0 Å². The Morgan fingerprint density at radius 3 is 2.51 bits per heavy atom. The molecule has 1 aliphatic rings. The zero-order valence-corrected chi connectivity index (χ0v) is 19.4. The molecular weight excluding hydrogens is 513 g/mol. The first-order valence-electron chi connectivity index (χ1n) is 10.1. The van der Waals surface area contributed by atoms with Crippen molar-refractivity contribution in [2.75, 3.05) is 24.2 Å². The van der Waals surface area contributed by atoms with Crippen LogP contribution in [0.1, 0.15) is 17.3 Å². The van der Waals surface area contributed by atoms with Crippen LogP contribution in [-0.4, -0.2) is 43.2 Å². The average Bonchev–Trinajstić information content (AvgIpc) is 2.77. The lowest BCUT2D eigenvalue weighted by Crippen LogP contribution is -2.45. The van der Waals surface area contributed by atoms with Gasteiger partial charge in [-0.05, 0) is 35.7 Å². The SMILES string of the molecule is NS(=O)(=O)CCN(C(=O)Nc1ccc(F)c(Cl)c1)[C@@H]1COCc2[nH]c(=O)c3cc(F)c(F)cc3c21. The second-order valence-corrected chi connectivity index (χ2v) is 9.95. The molecule has 0 spiro atoms. The van der Waals surface area contributed by atoms with Gasteiger partial charge in [0, 0.05) is 23.5 Å². The molecule has 0 unspecified atom stereocenters. The van der Waals surface area contributed by atoms with E-state index in [4.69, 9.17) is 21.5 Å². The minimum absolute atomic E-state index is 0.0363. The summed E-state index contributed by atoms with van der Waals surface area (Å²) in [7, 11) is -4.02. The van der Waals surface area contributed by atoms with Gasteiger partial charge in [0.05, 0.1) is 35.4 Å². The highest BCUT2D eigenvalue weighted by atomic mass is 35.5. The lowest BCUT2D eigenvalue weighted by atomic mass is 9.95. The number of fused-ring (bicyclic) bond motifs is 3. The van der Waals surface area contributed by atoms with Crippen LogP contribution >= 0.6 is 11.6 Å². The molecule has 0 saturated heterocycles. The maximum atomic E-state index is 14.1. The highest BCUT2D eigenvalue weighted by Gasteiger charge is 2.33. The number of ether oxygens (including phenoxy) is 1. The normalized spacial score (nSPS) is 15.6. The van der Waals surface area contributed by atoms with E-state index in [-0.39, 0.29) is 46.0 Å². The fourth-order valence-corrected chi connectivity index (χ4v) is 4.51. The number of aromatic amines is 1. The number of nitrogens with zero attached hydrogens (tertiary/aromatic N) is 1. The summed E-state index contributed by atoms with van der Waals surface area (Å²) in [6, 6.07) is 3.15. The number of carbonyl (C=O) groups excluding carboxylic acids is 1. The number of primary sulfonamides is 1. The molecule has 186 valence electrons. The molecule has 0 saturated carbocycles. The van der Waals surface area contributed by atoms with Crippen LogP contribution in [0, 0.1) is 17.5 Å². The number of urea groups is 1. The molecule has 9 nitrogen and oxygen atoms in total. The third-order valence-corrected chi connectivity index (χ3v) is 6.51. The molecule has 4 N–H and O–H groups in total. The van der Waals surface area contributed by atoms with E-state index in [9.17, 15) is 31.2 Å². The van der Waals surface area contributed by atoms with Crippen molar-refractivity contribution in [2.45, 2.75) is 12.6 Å². The molecule has 0 fully saturated rings. The van der Waals surface area contributed by atoms with Gasteiger partial charge < -0.3 is 19.9 Å². The van der Waals surface area contributed by atoms with Crippen molar-refractivity contribution < 1.29 is 31.1 Å². The lowest BCUT2D eigenvalue weighted by Gasteiger charge is -2.36. The summed E-state index contributed by atoms with van der Waals surface area (Å²) in [6.45, 7) is -0.666. The molecule has 14 heteroatoms. The predicted octanol–water partition coefficient (Wildman–Crippen LogP) is 2.99. The van der Waals surface area contributed by atoms with E-state index in [0.29, 0.717) is 0 Å². The molecule has 3 aromatic rings. The standard InChI is InChI=1S/C21H18ClF3N4O5S/c22-13-5-10(1-2-14(13)23)27-21(31)29(3-4-35(26,32)33)18-9-34-8-17-19(18)11-6-15(24)16(25)7-12(11)20(30)28-17/h1-2,5-7,18H,3-4,8-9H2,(H,27,31)(H,28,30)(H2,26,32,33)/t18-/m1/s1. The molecule has 2 amide bonds. The van der Waals surface area contributed by atoms with Crippen LogP contribution in [0.15, 0.2) is 35.1 Å². The number of anilines is 1. The number of pyridine rings is 1. The van der Waals surface area contributed by atoms with Crippen molar-refractivity contribution >= 4 is 44.1 Å². The van der Waals surface area contributed by atoms with Crippen LogP contribution in [0.3, 0.4) is 0 Å². The summed E-state index contributed by atoms with van der Waals surface area (Å²) in [5, 5.41) is 7.24. The highest BCUT2D eigenvalue weighted by Crippen LogP contribution is 2.34. The highest BCUT2D eigenvalue weighted by molar-refractivity contribution is 7.89. The van der Waals surface area contributed by atoms with Crippen molar-refractivity contribution in [3.63, 3.8) is 0 Å². The van der Waals surface area contributed by atoms with Crippen LogP contribution in [-0.2, 0) is 21.4 Å². The number of carbonyl (C=O) groups is 1. The van der Waals surface area contributed by atoms with Gasteiger partial charge in [-0.3, -0.25) is 4.79 Å². The summed E-state index contributed by atoms with van der Waals surface area (Å²) in [5.74, 6) is -3.80. The lowest BCUT2D eigenvalue weighted by molar-refractivity contribution is 0.0473. The molecule has 1 atom stereocenters. The van der Waals surface area contributed by atoms with Gasteiger partial charge in [0.25, 0.3) is 5.56 Å². The third-order valence-electron chi connectivity index (χ3n) is 5.46. The quantitative estimate of drug-likeness (QED) is 0.466. The molecule has 0 aliphatic carbocycles. The summed E-state index contributed by atoms with van der Waals surface area (Å²) in [4.78, 5) is 29.3. The molecule has 2 aromatic carbocycles. The number of nitrogens with one attached hydrogen (secondary N) is 2. The van der Waals surface area contributed by atoms with Crippen LogP contribution in [0.5, 0.6) is 0 Å². The number of hydrogen-bond acceptors (Lipinski definition) is 5. The number of rotatable bonds is 5. The van der Waals surface area contributed by atoms with E-state index < -0.39 is 57.4 Å². The minimum atomic E-state index is -4.02. The molecule has 35 heavy (non-hydrogen) atoms. The summed E-state index contributed by atoms with van der Waals surface area (Å²) < 4.78 is 70.3. The Morgan fingerprint density at radius 2 is 1.86 bits per heavy atom. The van der Waals surface area contributed by atoms with Crippen molar-refractivity contribution in [2.24, 2.45) is 5.14 Å². The maximum Gasteiger partial charge on any atom is 0.322 e. The Kier molecular flexibility index (Phi) is 6.77. The number of benzene rings is 2. The van der Waals surface area contributed by atoms with Gasteiger partial charge in [-0.15, -0.1) is 0 Å². The number of amides is 2. The summed E-state index contributed by atoms with van der Waals surface area (Å²) in [6.07, 6.45) is 0. The smallest absolute Gasteiger partial charge is 0.322 e. The van der Waals surface area contributed by atoms with Crippen LogP contribution in [0.4, 0.5) is 23.7 Å². The first-order chi connectivity index (χ1) is 16.4. The Labute approximate surface area is 201 Å². The van der Waals surface area contributed by atoms with E-state index in [2.05, 4.69) is 10.3 Å². The summed E-state index contributed by atoms with van der Waals surface area (Å²) >= 11 is 5.77. The maximum absolute atomic E-state index is 14.1. The van der Waals surface area contributed by atoms with Crippen molar-refractivity contribution in [3.8, 4) is 0 Å². The summed E-state index contributed by atoms with van der Waals surface area (Å²) in [5.41, 5.74) is -0.115. The molecule has 4 rings (SSSR count). The molecule has 1 aromatic heterocycles. The zero-order valence-electron chi connectivity index (χ0n) is 17.8.